The van der Waals surface area contributed by atoms with Crippen molar-refractivity contribution >= 4 is 46.4 Å². The Hall–Kier alpha value is -4.97. The minimum Gasteiger partial charge on any atom is -0.502 e. The number of amides is 3. The molecular weight excluding hydrogens is 608 g/mol. The van der Waals surface area contributed by atoms with Gasteiger partial charge in [-0.1, -0.05) is 30.3 Å². The van der Waals surface area contributed by atoms with Crippen LogP contribution < -0.4 is 25.3 Å². The molecule has 1 aliphatic rings. The van der Waals surface area contributed by atoms with Crippen molar-refractivity contribution in [3.8, 4) is 23.0 Å². The molecule has 1 aliphatic heterocycles. The number of hydrogen-bond acceptors (Lipinski definition) is 9. The van der Waals surface area contributed by atoms with Gasteiger partial charge < -0.3 is 30.4 Å². The SMILES string of the molecule is COc1cc(C=C2SC(=Nc3ccccc3)N(C(C)C(=O)NC(Cc3ccc(OC(C)(C)C)cc3)C(N)=O)C2=O)cc(OC)c1O. The molecule has 11 nitrogen and oxygen atoms in total. The molecule has 3 aromatic carbocycles. The predicted molar refractivity (Wildman–Crippen MR) is 178 cm³/mol. The topological polar surface area (TPSA) is 153 Å². The van der Waals surface area contributed by atoms with Crippen molar-refractivity contribution < 1.29 is 33.7 Å². The fraction of sp³-hybridized carbons (Fsp3) is 0.294. The van der Waals surface area contributed by atoms with Gasteiger partial charge in [-0.05, 0) is 93.1 Å². The highest BCUT2D eigenvalue weighted by Crippen LogP contribution is 2.40. The molecule has 3 aromatic rings. The van der Waals surface area contributed by atoms with Crippen molar-refractivity contribution in [1.29, 1.82) is 0 Å². The van der Waals surface area contributed by atoms with Crippen LogP contribution in [0.2, 0.25) is 0 Å². The van der Waals surface area contributed by atoms with Crippen molar-refractivity contribution in [2.75, 3.05) is 14.2 Å². The number of thioether (sulfide) groups is 1. The normalized spacial score (nSPS) is 16.3. The molecule has 0 aliphatic carbocycles. The van der Waals surface area contributed by atoms with Crippen LogP contribution in [0.15, 0.2) is 76.6 Å². The second-order valence-corrected chi connectivity index (χ2v) is 12.5. The van der Waals surface area contributed by atoms with Gasteiger partial charge in [-0.15, -0.1) is 0 Å². The lowest BCUT2D eigenvalue weighted by Gasteiger charge is -2.25. The van der Waals surface area contributed by atoms with Crippen molar-refractivity contribution in [2.24, 2.45) is 10.7 Å². The summed E-state index contributed by atoms with van der Waals surface area (Å²) in [6.45, 7) is 7.39. The number of hydrogen-bond donors (Lipinski definition) is 3. The Morgan fingerprint density at radius 1 is 1.04 bits per heavy atom. The maximum Gasteiger partial charge on any atom is 0.267 e. The third kappa shape index (κ3) is 8.39. The number of amidine groups is 1. The number of nitrogens with one attached hydrogen (secondary N) is 1. The quantitative estimate of drug-likeness (QED) is 0.252. The average Bonchev–Trinajstić information content (AvgIpc) is 3.31. The highest BCUT2D eigenvalue weighted by Gasteiger charge is 2.40. The van der Waals surface area contributed by atoms with Crippen LogP contribution in [-0.2, 0) is 20.8 Å². The van der Waals surface area contributed by atoms with Gasteiger partial charge in [0.25, 0.3) is 5.91 Å². The molecule has 0 aromatic heterocycles. The number of nitrogens with zero attached hydrogens (tertiary/aromatic N) is 2. The molecule has 12 heteroatoms. The molecule has 2 unspecified atom stereocenters. The minimum atomic E-state index is -1.05. The minimum absolute atomic E-state index is 0.146. The number of phenols is 1. The van der Waals surface area contributed by atoms with E-state index in [1.807, 2.05) is 51.1 Å². The number of para-hydroxylation sites is 1. The predicted octanol–water partition coefficient (Wildman–Crippen LogP) is 4.79. The highest BCUT2D eigenvalue weighted by molar-refractivity contribution is 8.18. The Balaban J connectivity index is 1.60. The summed E-state index contributed by atoms with van der Waals surface area (Å²) in [5.74, 6) is -0.941. The summed E-state index contributed by atoms with van der Waals surface area (Å²) in [7, 11) is 2.81. The standard InChI is InChI=1S/C34H38N4O7S/c1-20(31(41)37-25(30(35)40)16-21-12-14-24(15-13-21)45-34(2,3)4)38-32(42)28(46-33(38)36-23-10-8-7-9-11-23)19-22-17-26(43-5)29(39)27(18-22)44-6/h7-15,17-20,25,39H,16H2,1-6H3,(H2,35,40)(H,37,41). The Bertz CT molecular complexity index is 1630. The smallest absolute Gasteiger partial charge is 0.267 e. The summed E-state index contributed by atoms with van der Waals surface area (Å²) in [6, 6.07) is 17.3. The molecule has 242 valence electrons. The van der Waals surface area contributed by atoms with Gasteiger partial charge >= 0.3 is 0 Å². The van der Waals surface area contributed by atoms with E-state index in [0.29, 0.717) is 17.0 Å². The largest absolute Gasteiger partial charge is 0.502 e. The molecule has 2 atom stereocenters. The number of methoxy groups -OCH3 is 2. The lowest BCUT2D eigenvalue weighted by molar-refractivity contribution is -0.134. The molecule has 1 saturated heterocycles. The highest BCUT2D eigenvalue weighted by atomic mass is 32.2. The summed E-state index contributed by atoms with van der Waals surface area (Å²) < 4.78 is 16.4. The van der Waals surface area contributed by atoms with Crippen LogP contribution >= 0.6 is 11.8 Å². The van der Waals surface area contributed by atoms with Crippen LogP contribution in [-0.4, -0.2) is 64.8 Å². The molecule has 0 bridgehead atoms. The zero-order valence-electron chi connectivity index (χ0n) is 26.6. The number of aromatic hydroxyl groups is 1. The second-order valence-electron chi connectivity index (χ2n) is 11.5. The third-order valence-electron chi connectivity index (χ3n) is 6.83. The second kappa shape index (κ2) is 14.4. The van der Waals surface area contributed by atoms with Gasteiger partial charge in [-0.2, -0.15) is 0 Å². The van der Waals surface area contributed by atoms with E-state index in [0.717, 1.165) is 17.3 Å². The number of carbonyl (C=O) groups excluding carboxylic acids is 3. The zero-order valence-corrected chi connectivity index (χ0v) is 27.4. The number of rotatable bonds is 11. The van der Waals surface area contributed by atoms with Gasteiger partial charge in [0.05, 0.1) is 24.8 Å². The van der Waals surface area contributed by atoms with Gasteiger partial charge in [-0.25, -0.2) is 4.99 Å². The van der Waals surface area contributed by atoms with Crippen molar-refractivity contribution in [1.82, 2.24) is 10.2 Å². The summed E-state index contributed by atoms with van der Waals surface area (Å²) in [5, 5.41) is 13.3. The summed E-state index contributed by atoms with van der Waals surface area (Å²) in [5.41, 5.74) is 7.19. The Labute approximate surface area is 272 Å². The Morgan fingerprint density at radius 2 is 1.65 bits per heavy atom. The molecule has 4 N–H and O–H groups in total. The molecule has 0 saturated carbocycles. The van der Waals surface area contributed by atoms with Crippen LogP contribution in [0.4, 0.5) is 5.69 Å². The Kier molecular flexibility index (Phi) is 10.6. The molecule has 46 heavy (non-hydrogen) atoms. The molecular formula is C34H38N4O7S. The summed E-state index contributed by atoms with van der Waals surface area (Å²) in [4.78, 5) is 46.0. The molecule has 4 rings (SSSR count). The van der Waals surface area contributed by atoms with E-state index in [2.05, 4.69) is 10.3 Å². The fourth-order valence-corrected chi connectivity index (χ4v) is 5.65. The maximum absolute atomic E-state index is 13.8. The first-order valence-electron chi connectivity index (χ1n) is 14.5. The Morgan fingerprint density at radius 3 is 2.20 bits per heavy atom. The number of aliphatic imine (C=N–C) groups is 1. The molecule has 0 spiro atoms. The molecule has 3 amide bonds. The average molecular weight is 647 g/mol. The van der Waals surface area contributed by atoms with Crippen LogP contribution in [0.5, 0.6) is 23.0 Å². The van der Waals surface area contributed by atoms with E-state index in [-0.39, 0.29) is 39.3 Å². The monoisotopic (exact) mass is 646 g/mol. The number of primary amides is 1. The lowest BCUT2D eigenvalue weighted by atomic mass is 10.0. The van der Waals surface area contributed by atoms with E-state index < -0.39 is 29.8 Å². The van der Waals surface area contributed by atoms with Crippen LogP contribution in [0, 0.1) is 0 Å². The van der Waals surface area contributed by atoms with E-state index >= 15 is 0 Å². The van der Waals surface area contributed by atoms with E-state index in [1.54, 1.807) is 49.4 Å². The molecule has 0 radical (unpaired) electrons. The summed E-state index contributed by atoms with van der Waals surface area (Å²) in [6.07, 6.45) is 1.74. The van der Waals surface area contributed by atoms with Crippen molar-refractivity contribution in [3.63, 3.8) is 0 Å². The van der Waals surface area contributed by atoms with Crippen LogP contribution in [0.1, 0.15) is 38.8 Å². The van der Waals surface area contributed by atoms with Crippen molar-refractivity contribution in [3.05, 3.63) is 82.8 Å². The van der Waals surface area contributed by atoms with Gasteiger partial charge in [0, 0.05) is 6.42 Å². The van der Waals surface area contributed by atoms with E-state index in [4.69, 9.17) is 19.9 Å². The molecule has 1 fully saturated rings. The van der Waals surface area contributed by atoms with Crippen LogP contribution in [0.25, 0.3) is 6.08 Å². The van der Waals surface area contributed by atoms with E-state index in [1.165, 1.54) is 19.1 Å². The number of ether oxygens (including phenoxy) is 3. The van der Waals surface area contributed by atoms with Crippen LogP contribution in [0.3, 0.4) is 0 Å². The summed E-state index contributed by atoms with van der Waals surface area (Å²) >= 11 is 1.09. The van der Waals surface area contributed by atoms with E-state index in [9.17, 15) is 19.5 Å². The van der Waals surface area contributed by atoms with Gasteiger partial charge in [-0.3, -0.25) is 19.3 Å². The maximum atomic E-state index is 13.8. The van der Waals surface area contributed by atoms with Gasteiger partial charge in [0.2, 0.25) is 17.6 Å². The number of phenolic OH excluding ortho intramolecular Hbond substituents is 1. The van der Waals surface area contributed by atoms with Crippen molar-refractivity contribution in [2.45, 2.75) is 51.8 Å². The first kappa shape index (κ1) is 33.9. The first-order valence-corrected chi connectivity index (χ1v) is 15.3. The van der Waals surface area contributed by atoms with Gasteiger partial charge in [0.1, 0.15) is 23.4 Å². The molecule has 1 heterocycles. The third-order valence-corrected chi connectivity index (χ3v) is 7.81. The first-order chi connectivity index (χ1) is 21.8. The number of nitrogens with two attached hydrogens (primary N) is 1. The fourth-order valence-electron chi connectivity index (χ4n) is 4.58. The zero-order chi connectivity index (χ0) is 33.6. The lowest BCUT2D eigenvalue weighted by Crippen LogP contribution is -2.53. The van der Waals surface area contributed by atoms with Gasteiger partial charge in [0.15, 0.2) is 16.7 Å². The number of carbonyl (C=O) groups is 3. The number of benzene rings is 3.